The van der Waals surface area contributed by atoms with E-state index in [0.29, 0.717) is 6.42 Å². The van der Waals surface area contributed by atoms with Gasteiger partial charge in [0.05, 0.1) is 0 Å². The highest BCUT2D eigenvalue weighted by Crippen LogP contribution is 2.19. The van der Waals surface area contributed by atoms with E-state index in [1.807, 2.05) is 29.9 Å². The monoisotopic (exact) mass is 219 g/mol. The number of aliphatic carboxylic acids is 1. The van der Waals surface area contributed by atoms with Crippen LogP contribution in [0, 0.1) is 0 Å². The lowest BCUT2D eigenvalue weighted by Gasteiger charge is -2.04. The van der Waals surface area contributed by atoms with Crippen molar-refractivity contribution in [3.05, 3.63) is 30.1 Å². The van der Waals surface area contributed by atoms with Crippen molar-refractivity contribution in [2.75, 3.05) is 0 Å². The van der Waals surface area contributed by atoms with E-state index in [1.165, 1.54) is 0 Å². The minimum Gasteiger partial charge on any atom is -0.480 e. The molecule has 0 saturated heterocycles. The fourth-order valence-electron chi connectivity index (χ4n) is 1.78. The molecule has 0 spiro atoms. The van der Waals surface area contributed by atoms with Crippen LogP contribution >= 0.6 is 0 Å². The van der Waals surface area contributed by atoms with Crippen molar-refractivity contribution in [2.24, 2.45) is 12.8 Å². The SMILES string of the molecule is Cn1cc(C[C@H](N)C(=O)O)c2cccnc21. The Morgan fingerprint density at radius 1 is 1.69 bits per heavy atom. The molecule has 2 rings (SSSR count). The molecular weight excluding hydrogens is 206 g/mol. The van der Waals surface area contributed by atoms with Gasteiger partial charge in [-0.05, 0) is 17.7 Å². The van der Waals surface area contributed by atoms with Gasteiger partial charge in [-0.1, -0.05) is 0 Å². The summed E-state index contributed by atoms with van der Waals surface area (Å²) in [6.07, 6.45) is 3.90. The maximum atomic E-state index is 10.7. The van der Waals surface area contributed by atoms with Gasteiger partial charge in [-0.2, -0.15) is 0 Å². The minimum atomic E-state index is -0.985. The molecule has 0 aliphatic rings. The lowest BCUT2D eigenvalue weighted by Crippen LogP contribution is -2.32. The number of hydrogen-bond acceptors (Lipinski definition) is 3. The molecule has 0 saturated carbocycles. The molecule has 0 amide bonds. The molecule has 0 radical (unpaired) electrons. The maximum Gasteiger partial charge on any atom is 0.320 e. The van der Waals surface area contributed by atoms with Gasteiger partial charge in [0.1, 0.15) is 11.7 Å². The Balaban J connectivity index is 2.42. The highest BCUT2D eigenvalue weighted by Gasteiger charge is 2.15. The number of aryl methyl sites for hydroxylation is 1. The van der Waals surface area contributed by atoms with E-state index in [0.717, 1.165) is 16.6 Å². The van der Waals surface area contributed by atoms with Crippen molar-refractivity contribution < 1.29 is 9.90 Å². The molecule has 2 aromatic rings. The molecule has 0 unspecified atom stereocenters. The molecule has 1 atom stereocenters. The smallest absolute Gasteiger partial charge is 0.320 e. The summed E-state index contributed by atoms with van der Waals surface area (Å²) in [5.41, 5.74) is 7.28. The number of carboxylic acid groups (broad SMARTS) is 1. The number of pyridine rings is 1. The van der Waals surface area contributed by atoms with E-state index >= 15 is 0 Å². The van der Waals surface area contributed by atoms with Crippen molar-refractivity contribution in [3.8, 4) is 0 Å². The van der Waals surface area contributed by atoms with E-state index in [9.17, 15) is 4.79 Å². The zero-order valence-electron chi connectivity index (χ0n) is 8.92. The minimum absolute atomic E-state index is 0.318. The van der Waals surface area contributed by atoms with E-state index in [4.69, 9.17) is 10.8 Å². The molecule has 0 aliphatic carbocycles. The molecule has 0 aliphatic heterocycles. The first-order valence-electron chi connectivity index (χ1n) is 4.97. The highest BCUT2D eigenvalue weighted by molar-refractivity contribution is 5.82. The van der Waals surface area contributed by atoms with E-state index in [-0.39, 0.29) is 0 Å². The Labute approximate surface area is 92.5 Å². The van der Waals surface area contributed by atoms with Crippen LogP contribution in [-0.4, -0.2) is 26.7 Å². The predicted octanol–water partition coefficient (Wildman–Crippen LogP) is 0.528. The van der Waals surface area contributed by atoms with E-state index < -0.39 is 12.0 Å². The van der Waals surface area contributed by atoms with Crippen molar-refractivity contribution in [1.29, 1.82) is 0 Å². The molecule has 84 valence electrons. The molecule has 2 heterocycles. The van der Waals surface area contributed by atoms with Gasteiger partial charge < -0.3 is 15.4 Å². The fraction of sp³-hybridized carbons (Fsp3) is 0.273. The van der Waals surface area contributed by atoms with E-state index in [1.54, 1.807) is 6.20 Å². The first-order chi connectivity index (χ1) is 7.59. The average molecular weight is 219 g/mol. The largest absolute Gasteiger partial charge is 0.480 e. The van der Waals surface area contributed by atoms with Crippen LogP contribution in [0.5, 0.6) is 0 Å². The number of hydrogen-bond donors (Lipinski definition) is 2. The molecule has 5 heteroatoms. The molecule has 0 aromatic carbocycles. The number of aromatic nitrogens is 2. The maximum absolute atomic E-state index is 10.7. The zero-order valence-corrected chi connectivity index (χ0v) is 8.92. The van der Waals surface area contributed by atoms with Crippen LogP contribution in [0.4, 0.5) is 0 Å². The number of rotatable bonds is 3. The summed E-state index contributed by atoms with van der Waals surface area (Å²) < 4.78 is 1.87. The Hall–Kier alpha value is -1.88. The first kappa shape index (κ1) is 10.6. The highest BCUT2D eigenvalue weighted by atomic mass is 16.4. The number of nitrogens with two attached hydrogens (primary N) is 1. The van der Waals surface area contributed by atoms with Crippen LogP contribution in [0.2, 0.25) is 0 Å². The second-order valence-corrected chi connectivity index (χ2v) is 3.79. The van der Waals surface area contributed by atoms with Crippen LogP contribution < -0.4 is 5.73 Å². The van der Waals surface area contributed by atoms with Crippen LogP contribution in [0.25, 0.3) is 11.0 Å². The van der Waals surface area contributed by atoms with Crippen molar-refractivity contribution in [3.63, 3.8) is 0 Å². The van der Waals surface area contributed by atoms with Gasteiger partial charge in [-0.25, -0.2) is 4.98 Å². The normalized spacial score (nSPS) is 12.9. The quantitative estimate of drug-likeness (QED) is 0.788. The van der Waals surface area contributed by atoms with Gasteiger partial charge >= 0.3 is 5.97 Å². The van der Waals surface area contributed by atoms with Crippen LogP contribution in [0.15, 0.2) is 24.5 Å². The van der Waals surface area contributed by atoms with E-state index in [2.05, 4.69) is 4.98 Å². The van der Waals surface area contributed by atoms with Gasteiger partial charge in [0.25, 0.3) is 0 Å². The summed E-state index contributed by atoms with van der Waals surface area (Å²) in [5.74, 6) is -0.985. The molecule has 0 bridgehead atoms. The molecular formula is C11H13N3O2. The molecule has 0 fully saturated rings. The third-order valence-corrected chi connectivity index (χ3v) is 2.57. The number of nitrogens with zero attached hydrogens (tertiary/aromatic N) is 2. The summed E-state index contributed by atoms with van der Waals surface area (Å²) in [5, 5.41) is 9.73. The van der Waals surface area contributed by atoms with Crippen molar-refractivity contribution >= 4 is 17.0 Å². The molecule has 5 nitrogen and oxygen atoms in total. The summed E-state index contributed by atoms with van der Waals surface area (Å²) in [6, 6.07) is 2.88. The van der Waals surface area contributed by atoms with Crippen LogP contribution in [-0.2, 0) is 18.3 Å². The molecule has 3 N–H and O–H groups in total. The third kappa shape index (κ3) is 1.77. The molecule has 2 aromatic heterocycles. The first-order valence-corrected chi connectivity index (χ1v) is 4.97. The summed E-state index contributed by atoms with van der Waals surface area (Å²) in [7, 11) is 1.88. The number of carbonyl (C=O) groups is 1. The molecule has 16 heavy (non-hydrogen) atoms. The van der Waals surface area contributed by atoms with Gasteiger partial charge in [0.2, 0.25) is 0 Å². The summed E-state index contributed by atoms with van der Waals surface area (Å²) in [4.78, 5) is 14.9. The number of fused-ring (bicyclic) bond motifs is 1. The lowest BCUT2D eigenvalue weighted by molar-refractivity contribution is -0.138. The van der Waals surface area contributed by atoms with Gasteiger partial charge in [-0.15, -0.1) is 0 Å². The third-order valence-electron chi connectivity index (χ3n) is 2.57. The zero-order chi connectivity index (χ0) is 11.7. The Morgan fingerprint density at radius 2 is 2.44 bits per heavy atom. The van der Waals surface area contributed by atoms with Crippen LogP contribution in [0.1, 0.15) is 5.56 Å². The summed E-state index contributed by atoms with van der Waals surface area (Å²) in [6.45, 7) is 0. The second kappa shape index (κ2) is 3.94. The average Bonchev–Trinajstić information content (AvgIpc) is 2.57. The van der Waals surface area contributed by atoms with Gasteiger partial charge in [0, 0.05) is 31.2 Å². The standard InChI is InChI=1S/C11H13N3O2/c1-14-6-7(5-9(12)11(15)16)8-3-2-4-13-10(8)14/h2-4,6,9H,5,12H2,1H3,(H,15,16)/t9-/m0/s1. The Kier molecular flexibility index (Phi) is 2.62. The van der Waals surface area contributed by atoms with Crippen LogP contribution in [0.3, 0.4) is 0 Å². The van der Waals surface area contributed by atoms with Crippen molar-refractivity contribution in [2.45, 2.75) is 12.5 Å². The summed E-state index contributed by atoms with van der Waals surface area (Å²) >= 11 is 0. The van der Waals surface area contributed by atoms with Gasteiger partial charge in [0.15, 0.2) is 0 Å². The Bertz CT molecular complexity index is 533. The second-order valence-electron chi connectivity index (χ2n) is 3.79. The number of carboxylic acids is 1. The Morgan fingerprint density at radius 3 is 3.12 bits per heavy atom. The topological polar surface area (TPSA) is 81.1 Å². The van der Waals surface area contributed by atoms with Gasteiger partial charge in [-0.3, -0.25) is 4.79 Å². The lowest BCUT2D eigenvalue weighted by atomic mass is 10.1. The van der Waals surface area contributed by atoms with Crippen molar-refractivity contribution in [1.82, 2.24) is 9.55 Å². The predicted molar refractivity (Wildman–Crippen MR) is 60.0 cm³/mol. The fourth-order valence-corrected chi connectivity index (χ4v) is 1.78.